The standard InChI is InChI=1S/C31H41ClN2O6/c1-7-9-10-17-39-29(38)24-23-27(36)34(22(18-35)19(3)4)26(31(23)15-14-30(24,6)40-31)28(37)33(16-8-2)25-20(5)12-11-13-21(25)32/h7-8,11-13,19,22-24,26,35H,1-2,9-10,14-18H2,3-6H3/t22-,23-,24+,26?,30-,31?/m0/s1. The van der Waals surface area contributed by atoms with Gasteiger partial charge in [0.2, 0.25) is 5.91 Å². The number of ether oxygens (including phenoxy) is 2. The zero-order valence-electron chi connectivity index (χ0n) is 23.9. The predicted molar refractivity (Wildman–Crippen MR) is 154 cm³/mol. The number of rotatable bonds is 12. The number of aliphatic hydroxyl groups excluding tert-OH is 1. The molecule has 9 heteroatoms. The van der Waals surface area contributed by atoms with E-state index in [1.165, 1.54) is 4.90 Å². The first kappa shape index (κ1) is 30.3. The smallest absolute Gasteiger partial charge is 0.312 e. The van der Waals surface area contributed by atoms with Gasteiger partial charge in [0.05, 0.1) is 41.5 Å². The van der Waals surface area contributed by atoms with Crippen molar-refractivity contribution in [2.45, 2.75) is 76.7 Å². The average Bonchev–Trinajstić information content (AvgIpc) is 3.47. The summed E-state index contributed by atoms with van der Waals surface area (Å²) in [6.07, 6.45) is 5.63. The first-order valence-corrected chi connectivity index (χ1v) is 14.4. The molecule has 3 aliphatic heterocycles. The van der Waals surface area contributed by atoms with E-state index < -0.39 is 41.1 Å². The number of anilines is 1. The molecule has 6 atom stereocenters. The Bertz CT molecular complexity index is 1170. The number of unbranched alkanes of at least 4 members (excludes halogenated alkanes) is 1. The van der Waals surface area contributed by atoms with Crippen molar-refractivity contribution < 1.29 is 29.0 Å². The molecule has 0 saturated carbocycles. The van der Waals surface area contributed by atoms with Gasteiger partial charge >= 0.3 is 5.97 Å². The Labute approximate surface area is 241 Å². The van der Waals surface area contributed by atoms with Gasteiger partial charge in [-0.3, -0.25) is 14.4 Å². The third-order valence-electron chi connectivity index (χ3n) is 8.85. The Kier molecular flexibility index (Phi) is 8.83. The second kappa shape index (κ2) is 11.7. The number of aryl methyl sites for hydroxylation is 1. The first-order valence-electron chi connectivity index (χ1n) is 14.1. The van der Waals surface area contributed by atoms with Crippen molar-refractivity contribution in [3.8, 4) is 0 Å². The molecule has 2 unspecified atom stereocenters. The van der Waals surface area contributed by atoms with Crippen LogP contribution < -0.4 is 4.90 Å². The molecule has 1 spiro atoms. The van der Waals surface area contributed by atoms with Crippen LogP contribution in [0.3, 0.4) is 0 Å². The topological polar surface area (TPSA) is 96.4 Å². The maximum absolute atomic E-state index is 14.7. The van der Waals surface area contributed by atoms with Crippen molar-refractivity contribution in [2.24, 2.45) is 17.8 Å². The van der Waals surface area contributed by atoms with E-state index in [-0.39, 0.29) is 37.5 Å². The number of hydrogen-bond donors (Lipinski definition) is 1. The summed E-state index contributed by atoms with van der Waals surface area (Å²) in [4.78, 5) is 45.6. The number of allylic oxidation sites excluding steroid dienone is 1. The minimum atomic E-state index is -1.25. The number of fused-ring (bicyclic) bond motifs is 1. The minimum Gasteiger partial charge on any atom is -0.465 e. The normalized spacial score (nSPS) is 29.4. The highest BCUT2D eigenvalue weighted by molar-refractivity contribution is 6.34. The van der Waals surface area contributed by atoms with E-state index in [1.54, 1.807) is 23.1 Å². The lowest BCUT2D eigenvalue weighted by Gasteiger charge is -2.41. The maximum Gasteiger partial charge on any atom is 0.312 e. The lowest BCUT2D eigenvalue weighted by molar-refractivity contribution is -0.161. The SMILES string of the molecule is C=CCCCOC(=O)[C@H]1[C@H]2C(=O)N([C@@H](CO)C(C)C)C(C(=O)N(CC=C)c3c(C)cccc3Cl)C23CC[C@]1(C)O3. The van der Waals surface area contributed by atoms with Crippen LogP contribution >= 0.6 is 11.6 Å². The molecule has 0 aliphatic carbocycles. The number of esters is 1. The number of benzene rings is 1. The molecule has 1 N–H and O–H groups in total. The van der Waals surface area contributed by atoms with Crippen LogP contribution in [0, 0.1) is 24.7 Å². The lowest BCUT2D eigenvalue weighted by Crippen LogP contribution is -2.60. The van der Waals surface area contributed by atoms with E-state index in [0.29, 0.717) is 36.4 Å². The highest BCUT2D eigenvalue weighted by atomic mass is 35.5. The summed E-state index contributed by atoms with van der Waals surface area (Å²) in [5.74, 6) is -3.16. The largest absolute Gasteiger partial charge is 0.465 e. The van der Waals surface area contributed by atoms with Gasteiger partial charge < -0.3 is 24.4 Å². The van der Waals surface area contributed by atoms with Gasteiger partial charge in [0.15, 0.2) is 0 Å². The van der Waals surface area contributed by atoms with Crippen LogP contribution in [0.1, 0.15) is 52.0 Å². The average molecular weight is 573 g/mol. The van der Waals surface area contributed by atoms with Crippen molar-refractivity contribution in [1.29, 1.82) is 0 Å². The molecule has 4 rings (SSSR count). The maximum atomic E-state index is 14.7. The van der Waals surface area contributed by atoms with Crippen LogP contribution in [0.4, 0.5) is 5.69 Å². The molecule has 1 aromatic carbocycles. The Balaban J connectivity index is 1.83. The van der Waals surface area contributed by atoms with Gasteiger partial charge in [-0.2, -0.15) is 0 Å². The molecule has 3 fully saturated rings. The van der Waals surface area contributed by atoms with E-state index in [9.17, 15) is 19.5 Å². The second-order valence-electron chi connectivity index (χ2n) is 11.7. The summed E-state index contributed by atoms with van der Waals surface area (Å²) in [6.45, 7) is 15.1. The molecule has 3 saturated heterocycles. The lowest BCUT2D eigenvalue weighted by atomic mass is 9.66. The Morgan fingerprint density at radius 1 is 1.30 bits per heavy atom. The number of likely N-dealkylation sites (tertiary alicyclic amines) is 1. The van der Waals surface area contributed by atoms with E-state index in [0.717, 1.165) is 5.56 Å². The van der Waals surface area contributed by atoms with Gasteiger partial charge in [0.1, 0.15) is 17.6 Å². The molecule has 1 aromatic rings. The first-order chi connectivity index (χ1) is 19.0. The fraction of sp³-hybridized carbons (Fsp3) is 0.581. The van der Waals surface area contributed by atoms with Gasteiger partial charge in [-0.1, -0.05) is 49.7 Å². The van der Waals surface area contributed by atoms with Crippen LogP contribution in [0.5, 0.6) is 0 Å². The van der Waals surface area contributed by atoms with E-state index in [2.05, 4.69) is 13.2 Å². The third-order valence-corrected chi connectivity index (χ3v) is 9.15. The van der Waals surface area contributed by atoms with Gasteiger partial charge in [-0.05, 0) is 57.1 Å². The summed E-state index contributed by atoms with van der Waals surface area (Å²) in [5, 5.41) is 10.8. The zero-order chi connectivity index (χ0) is 29.4. The number of carbonyl (C=O) groups is 3. The monoisotopic (exact) mass is 572 g/mol. The molecule has 218 valence electrons. The molecule has 3 aliphatic rings. The second-order valence-corrected chi connectivity index (χ2v) is 12.1. The van der Waals surface area contributed by atoms with E-state index in [4.69, 9.17) is 21.1 Å². The summed E-state index contributed by atoms with van der Waals surface area (Å²) < 4.78 is 12.3. The van der Waals surface area contributed by atoms with Crippen molar-refractivity contribution >= 4 is 35.1 Å². The zero-order valence-corrected chi connectivity index (χ0v) is 24.7. The van der Waals surface area contributed by atoms with Gasteiger partial charge in [0, 0.05) is 6.54 Å². The van der Waals surface area contributed by atoms with Gasteiger partial charge in [-0.25, -0.2) is 0 Å². The summed E-state index contributed by atoms with van der Waals surface area (Å²) in [7, 11) is 0. The molecule has 40 heavy (non-hydrogen) atoms. The Hall–Kier alpha value is -2.68. The fourth-order valence-electron chi connectivity index (χ4n) is 7.00. The quantitative estimate of drug-likeness (QED) is 0.226. The van der Waals surface area contributed by atoms with Gasteiger partial charge in [0.25, 0.3) is 5.91 Å². The van der Waals surface area contributed by atoms with Crippen molar-refractivity contribution in [2.75, 3.05) is 24.7 Å². The van der Waals surface area contributed by atoms with Gasteiger partial charge in [-0.15, -0.1) is 13.2 Å². The number of amides is 2. The summed E-state index contributed by atoms with van der Waals surface area (Å²) in [5.41, 5.74) is -0.871. The predicted octanol–water partition coefficient (Wildman–Crippen LogP) is 4.46. The Morgan fingerprint density at radius 2 is 2.02 bits per heavy atom. The number of hydrogen-bond acceptors (Lipinski definition) is 6. The van der Waals surface area contributed by atoms with Crippen LogP contribution in [-0.2, 0) is 23.9 Å². The molecular formula is C31H41ClN2O6. The van der Waals surface area contributed by atoms with Crippen molar-refractivity contribution in [3.63, 3.8) is 0 Å². The number of nitrogens with zero attached hydrogens (tertiary/aromatic N) is 2. The number of halogens is 1. The molecule has 2 amide bonds. The number of aliphatic hydroxyl groups is 1. The highest BCUT2D eigenvalue weighted by Gasteiger charge is 2.79. The number of para-hydroxylation sites is 1. The van der Waals surface area contributed by atoms with Crippen molar-refractivity contribution in [3.05, 3.63) is 54.1 Å². The molecular weight excluding hydrogens is 532 g/mol. The molecule has 8 nitrogen and oxygen atoms in total. The molecule has 0 radical (unpaired) electrons. The van der Waals surface area contributed by atoms with E-state index in [1.807, 2.05) is 39.8 Å². The summed E-state index contributed by atoms with van der Waals surface area (Å²) >= 11 is 6.61. The summed E-state index contributed by atoms with van der Waals surface area (Å²) in [6, 6.07) is 3.67. The fourth-order valence-corrected chi connectivity index (χ4v) is 7.33. The molecule has 3 heterocycles. The third kappa shape index (κ3) is 4.78. The molecule has 0 aromatic heterocycles. The van der Waals surface area contributed by atoms with E-state index >= 15 is 0 Å². The van der Waals surface area contributed by atoms with Crippen LogP contribution in [0.15, 0.2) is 43.5 Å². The Morgan fingerprint density at radius 3 is 2.62 bits per heavy atom. The van der Waals surface area contributed by atoms with Crippen LogP contribution in [0.25, 0.3) is 0 Å². The minimum absolute atomic E-state index is 0.153. The van der Waals surface area contributed by atoms with Crippen LogP contribution in [-0.4, -0.2) is 70.8 Å². The van der Waals surface area contributed by atoms with Crippen LogP contribution in [0.2, 0.25) is 5.02 Å². The number of carbonyl (C=O) groups excluding carboxylic acids is 3. The highest BCUT2D eigenvalue weighted by Crippen LogP contribution is 2.64. The van der Waals surface area contributed by atoms with Crippen molar-refractivity contribution in [1.82, 2.24) is 4.90 Å². The molecule has 2 bridgehead atoms.